The Labute approximate surface area is 163 Å². The zero-order valence-corrected chi connectivity index (χ0v) is 15.5. The zero-order chi connectivity index (χ0) is 19.2. The average Bonchev–Trinajstić information content (AvgIpc) is 2.69. The van der Waals surface area contributed by atoms with Gasteiger partial charge in [0.25, 0.3) is 0 Å². The Morgan fingerprint density at radius 3 is 2.04 bits per heavy atom. The Morgan fingerprint density at radius 1 is 0.741 bits per heavy atom. The second-order valence-corrected chi connectivity index (χ2v) is 6.36. The summed E-state index contributed by atoms with van der Waals surface area (Å²) < 4.78 is 0. The van der Waals surface area contributed by atoms with Crippen molar-refractivity contribution in [1.29, 1.82) is 0 Å². The number of rotatable bonds is 5. The SMILES string of the molecule is CC(=O)c1ccc(NC(=S)Nc2ccccc2C(=O)c2ccccc2)cc1. The molecule has 0 unspecified atom stereocenters. The average molecular weight is 374 g/mol. The monoisotopic (exact) mass is 374 g/mol. The van der Waals surface area contributed by atoms with E-state index in [0.29, 0.717) is 27.5 Å². The van der Waals surface area contributed by atoms with Crippen molar-refractivity contribution in [2.24, 2.45) is 0 Å². The minimum atomic E-state index is -0.0766. The van der Waals surface area contributed by atoms with Gasteiger partial charge >= 0.3 is 0 Å². The van der Waals surface area contributed by atoms with Crippen LogP contribution in [0.3, 0.4) is 0 Å². The number of benzene rings is 3. The maximum Gasteiger partial charge on any atom is 0.195 e. The molecule has 0 radical (unpaired) electrons. The van der Waals surface area contributed by atoms with Crippen LogP contribution in [0.2, 0.25) is 0 Å². The number of hydrogen-bond donors (Lipinski definition) is 2. The van der Waals surface area contributed by atoms with Crippen LogP contribution in [0.4, 0.5) is 11.4 Å². The van der Waals surface area contributed by atoms with E-state index in [1.807, 2.05) is 36.4 Å². The number of nitrogens with one attached hydrogen (secondary N) is 2. The molecule has 5 heteroatoms. The topological polar surface area (TPSA) is 58.2 Å². The van der Waals surface area contributed by atoms with Crippen LogP contribution in [0, 0.1) is 0 Å². The fraction of sp³-hybridized carbons (Fsp3) is 0.0455. The van der Waals surface area contributed by atoms with E-state index >= 15 is 0 Å². The van der Waals surface area contributed by atoms with Crippen LogP contribution >= 0.6 is 12.2 Å². The van der Waals surface area contributed by atoms with Gasteiger partial charge in [0.15, 0.2) is 16.7 Å². The number of carbonyl (C=O) groups excluding carboxylic acids is 2. The smallest absolute Gasteiger partial charge is 0.195 e. The lowest BCUT2D eigenvalue weighted by atomic mass is 10.0. The molecular formula is C22H18N2O2S. The second kappa shape index (κ2) is 8.38. The molecule has 3 aromatic rings. The Balaban J connectivity index is 1.75. The number of carbonyl (C=O) groups is 2. The summed E-state index contributed by atoms with van der Waals surface area (Å²) in [6, 6.07) is 23.4. The van der Waals surface area contributed by atoms with Gasteiger partial charge in [-0.15, -0.1) is 0 Å². The third-order valence-electron chi connectivity index (χ3n) is 4.01. The molecule has 4 nitrogen and oxygen atoms in total. The van der Waals surface area contributed by atoms with Gasteiger partial charge < -0.3 is 10.6 Å². The van der Waals surface area contributed by atoms with Crippen molar-refractivity contribution in [3.8, 4) is 0 Å². The molecule has 0 heterocycles. The van der Waals surface area contributed by atoms with Crippen molar-refractivity contribution in [3.05, 3.63) is 95.6 Å². The van der Waals surface area contributed by atoms with Crippen LogP contribution in [0.25, 0.3) is 0 Å². The van der Waals surface area contributed by atoms with E-state index in [4.69, 9.17) is 12.2 Å². The molecular weight excluding hydrogens is 356 g/mol. The fourth-order valence-electron chi connectivity index (χ4n) is 2.61. The highest BCUT2D eigenvalue weighted by molar-refractivity contribution is 7.80. The standard InChI is InChI=1S/C22H18N2O2S/c1-15(25)16-11-13-18(14-12-16)23-22(27)24-20-10-6-5-9-19(20)21(26)17-7-3-2-4-8-17/h2-14H,1H3,(H2,23,24,27). The lowest BCUT2D eigenvalue weighted by molar-refractivity contribution is 0.101. The van der Waals surface area contributed by atoms with Crippen LogP contribution < -0.4 is 10.6 Å². The number of para-hydroxylation sites is 1. The van der Waals surface area contributed by atoms with Crippen LogP contribution in [0.5, 0.6) is 0 Å². The van der Waals surface area contributed by atoms with Gasteiger partial charge in [-0.3, -0.25) is 9.59 Å². The Bertz CT molecular complexity index is 983. The minimum absolute atomic E-state index is 0.00982. The van der Waals surface area contributed by atoms with Crippen molar-refractivity contribution in [2.45, 2.75) is 6.92 Å². The number of thiocarbonyl (C=S) groups is 1. The molecule has 0 bridgehead atoms. The van der Waals surface area contributed by atoms with Crippen molar-refractivity contribution < 1.29 is 9.59 Å². The summed E-state index contributed by atoms with van der Waals surface area (Å²) in [6.45, 7) is 1.52. The first-order valence-electron chi connectivity index (χ1n) is 8.42. The number of hydrogen-bond acceptors (Lipinski definition) is 3. The van der Waals surface area contributed by atoms with Crippen LogP contribution in [0.15, 0.2) is 78.9 Å². The molecule has 0 amide bonds. The first kappa shape index (κ1) is 18.5. The molecule has 3 aromatic carbocycles. The molecule has 0 aromatic heterocycles. The summed E-state index contributed by atoms with van der Waals surface area (Å²) >= 11 is 5.36. The highest BCUT2D eigenvalue weighted by Gasteiger charge is 2.13. The highest BCUT2D eigenvalue weighted by Crippen LogP contribution is 2.20. The maximum atomic E-state index is 12.8. The van der Waals surface area contributed by atoms with Gasteiger partial charge in [0.05, 0.1) is 5.69 Å². The Morgan fingerprint density at radius 2 is 1.37 bits per heavy atom. The van der Waals surface area contributed by atoms with Crippen molar-refractivity contribution in [3.63, 3.8) is 0 Å². The van der Waals surface area contributed by atoms with Gasteiger partial charge in [0, 0.05) is 22.4 Å². The minimum Gasteiger partial charge on any atom is -0.332 e. The van der Waals surface area contributed by atoms with Crippen molar-refractivity contribution >= 4 is 40.3 Å². The van der Waals surface area contributed by atoms with E-state index in [1.165, 1.54) is 6.92 Å². The lowest BCUT2D eigenvalue weighted by Crippen LogP contribution is -2.20. The first-order valence-corrected chi connectivity index (χ1v) is 8.83. The summed E-state index contributed by atoms with van der Waals surface area (Å²) in [6.07, 6.45) is 0. The molecule has 3 rings (SSSR count). The van der Waals surface area contributed by atoms with Gasteiger partial charge in [-0.1, -0.05) is 42.5 Å². The summed E-state index contributed by atoms with van der Waals surface area (Å²) in [5.74, 6) is -0.0667. The largest absolute Gasteiger partial charge is 0.332 e. The normalized spacial score (nSPS) is 10.1. The predicted molar refractivity (Wildman–Crippen MR) is 113 cm³/mol. The van der Waals surface area contributed by atoms with E-state index in [-0.39, 0.29) is 11.6 Å². The molecule has 0 aliphatic heterocycles. The maximum absolute atomic E-state index is 12.8. The van der Waals surface area contributed by atoms with Crippen LogP contribution in [-0.2, 0) is 0 Å². The predicted octanol–water partition coefficient (Wildman–Crippen LogP) is 4.93. The van der Waals surface area contributed by atoms with E-state index in [9.17, 15) is 9.59 Å². The molecule has 0 aliphatic carbocycles. The molecule has 0 spiro atoms. The van der Waals surface area contributed by atoms with E-state index in [1.54, 1.807) is 42.5 Å². The Hall–Kier alpha value is -3.31. The second-order valence-electron chi connectivity index (χ2n) is 5.95. The number of anilines is 2. The van der Waals surface area contributed by atoms with Gasteiger partial charge in [0.1, 0.15) is 0 Å². The summed E-state index contributed by atoms with van der Waals surface area (Å²) in [5, 5.41) is 6.50. The van der Waals surface area contributed by atoms with E-state index < -0.39 is 0 Å². The number of ketones is 2. The van der Waals surface area contributed by atoms with E-state index in [2.05, 4.69) is 10.6 Å². The van der Waals surface area contributed by atoms with Crippen molar-refractivity contribution in [2.75, 3.05) is 10.6 Å². The molecule has 2 N–H and O–H groups in total. The van der Waals surface area contributed by atoms with Gasteiger partial charge in [0.2, 0.25) is 0 Å². The number of Topliss-reactive ketones (excluding diaryl/α,β-unsaturated/α-hetero) is 1. The first-order chi connectivity index (χ1) is 13.0. The molecule has 0 fully saturated rings. The molecule has 134 valence electrons. The van der Waals surface area contributed by atoms with Crippen LogP contribution in [0.1, 0.15) is 33.2 Å². The van der Waals surface area contributed by atoms with Crippen LogP contribution in [-0.4, -0.2) is 16.7 Å². The highest BCUT2D eigenvalue weighted by atomic mass is 32.1. The summed E-state index contributed by atoms with van der Waals surface area (Å²) in [7, 11) is 0. The van der Waals surface area contributed by atoms with Gasteiger partial charge in [-0.2, -0.15) is 0 Å². The Kier molecular flexibility index (Phi) is 5.74. The third kappa shape index (κ3) is 4.65. The zero-order valence-electron chi connectivity index (χ0n) is 14.7. The van der Waals surface area contributed by atoms with Crippen molar-refractivity contribution in [1.82, 2.24) is 0 Å². The van der Waals surface area contributed by atoms with Gasteiger partial charge in [-0.25, -0.2) is 0 Å². The van der Waals surface area contributed by atoms with E-state index in [0.717, 1.165) is 5.69 Å². The molecule has 0 aliphatic rings. The van der Waals surface area contributed by atoms with Gasteiger partial charge in [-0.05, 0) is 55.5 Å². The summed E-state index contributed by atoms with van der Waals surface area (Å²) in [5.41, 5.74) is 3.18. The third-order valence-corrected chi connectivity index (χ3v) is 4.21. The molecule has 0 saturated carbocycles. The lowest BCUT2D eigenvalue weighted by Gasteiger charge is -2.14. The summed E-state index contributed by atoms with van der Waals surface area (Å²) in [4.78, 5) is 24.1. The quantitative estimate of drug-likeness (QED) is 0.490. The molecule has 0 saturated heterocycles. The fourth-order valence-corrected chi connectivity index (χ4v) is 2.84. The molecule has 0 atom stereocenters. The molecule has 27 heavy (non-hydrogen) atoms.